The van der Waals surface area contributed by atoms with Gasteiger partial charge in [-0.2, -0.15) is 0 Å². The Hall–Kier alpha value is -1.02. The van der Waals surface area contributed by atoms with Crippen LogP contribution >= 0.6 is 24.0 Å². The van der Waals surface area contributed by atoms with Crippen molar-refractivity contribution in [2.45, 2.75) is 32.2 Å². The maximum absolute atomic E-state index is 5.39. The van der Waals surface area contributed by atoms with E-state index in [2.05, 4.69) is 33.5 Å². The van der Waals surface area contributed by atoms with Gasteiger partial charge in [0.2, 0.25) is 0 Å². The van der Waals surface area contributed by atoms with Crippen LogP contribution in [0.5, 0.6) is 5.75 Å². The summed E-state index contributed by atoms with van der Waals surface area (Å²) in [5, 5.41) is 6.85. The minimum Gasteiger partial charge on any atom is -0.496 e. The number of guanidine groups is 1. The Morgan fingerprint density at radius 1 is 1.33 bits per heavy atom. The summed E-state index contributed by atoms with van der Waals surface area (Å²) in [6.45, 7) is 6.39. The Morgan fingerprint density at radius 3 is 2.83 bits per heavy atom. The first kappa shape index (κ1) is 21.0. The molecule has 0 spiro atoms. The van der Waals surface area contributed by atoms with Crippen LogP contribution in [0.2, 0.25) is 0 Å². The lowest BCUT2D eigenvalue weighted by atomic mass is 10.1. The second-order valence-electron chi connectivity index (χ2n) is 5.87. The van der Waals surface area contributed by atoms with Gasteiger partial charge in [0.05, 0.1) is 7.11 Å². The second-order valence-corrected chi connectivity index (χ2v) is 5.87. The van der Waals surface area contributed by atoms with Crippen molar-refractivity contribution in [1.82, 2.24) is 15.5 Å². The smallest absolute Gasteiger partial charge is 0.191 e. The SMILES string of the molecule is CCN1CCCC1CNC(=NC)NCCc1ccccc1OC.I. The van der Waals surface area contributed by atoms with Gasteiger partial charge in [-0.1, -0.05) is 25.1 Å². The number of aliphatic imine (C=N–C) groups is 1. The van der Waals surface area contributed by atoms with Crippen molar-refractivity contribution in [2.24, 2.45) is 4.99 Å². The molecule has 0 radical (unpaired) electrons. The number of ether oxygens (including phenoxy) is 1. The molecule has 0 saturated carbocycles. The summed E-state index contributed by atoms with van der Waals surface area (Å²) in [5.74, 6) is 1.82. The lowest BCUT2D eigenvalue weighted by Gasteiger charge is -2.24. The quantitative estimate of drug-likeness (QED) is 0.384. The summed E-state index contributed by atoms with van der Waals surface area (Å²) >= 11 is 0. The van der Waals surface area contributed by atoms with Crippen LogP contribution in [0, 0.1) is 0 Å². The average Bonchev–Trinajstić information content (AvgIpc) is 3.05. The Morgan fingerprint density at radius 2 is 2.12 bits per heavy atom. The first-order valence-corrected chi connectivity index (χ1v) is 8.59. The summed E-state index contributed by atoms with van der Waals surface area (Å²) in [6.07, 6.45) is 3.49. The highest BCUT2D eigenvalue weighted by Crippen LogP contribution is 2.17. The van der Waals surface area contributed by atoms with Gasteiger partial charge in [0.1, 0.15) is 5.75 Å². The largest absolute Gasteiger partial charge is 0.496 e. The predicted molar refractivity (Wildman–Crippen MR) is 112 cm³/mol. The molecule has 0 bridgehead atoms. The van der Waals surface area contributed by atoms with Crippen LogP contribution in [0.25, 0.3) is 0 Å². The van der Waals surface area contributed by atoms with Gasteiger partial charge in [-0.15, -0.1) is 24.0 Å². The molecule has 24 heavy (non-hydrogen) atoms. The Balaban J connectivity index is 0.00000288. The van der Waals surface area contributed by atoms with Crippen molar-refractivity contribution in [3.63, 3.8) is 0 Å². The predicted octanol–water partition coefficient (Wildman–Crippen LogP) is 2.51. The zero-order chi connectivity index (χ0) is 16.5. The fourth-order valence-corrected chi connectivity index (χ4v) is 3.20. The van der Waals surface area contributed by atoms with Gasteiger partial charge in [-0.3, -0.25) is 9.89 Å². The third-order valence-corrected chi connectivity index (χ3v) is 4.51. The number of rotatable bonds is 7. The highest BCUT2D eigenvalue weighted by Gasteiger charge is 2.22. The maximum atomic E-state index is 5.39. The van der Waals surface area contributed by atoms with Crippen LogP contribution in [-0.2, 0) is 6.42 Å². The van der Waals surface area contributed by atoms with Crippen LogP contribution in [0.15, 0.2) is 29.3 Å². The molecule has 0 amide bonds. The van der Waals surface area contributed by atoms with E-state index >= 15 is 0 Å². The van der Waals surface area contributed by atoms with Gasteiger partial charge < -0.3 is 15.4 Å². The van der Waals surface area contributed by atoms with Crippen molar-refractivity contribution in [1.29, 1.82) is 0 Å². The summed E-state index contributed by atoms with van der Waals surface area (Å²) in [4.78, 5) is 6.86. The molecular weight excluding hydrogens is 415 g/mol. The minimum absolute atomic E-state index is 0. The summed E-state index contributed by atoms with van der Waals surface area (Å²) < 4.78 is 5.39. The molecule has 5 nitrogen and oxygen atoms in total. The molecule has 1 aliphatic heterocycles. The molecule has 1 aromatic carbocycles. The topological polar surface area (TPSA) is 48.9 Å². The van der Waals surface area contributed by atoms with E-state index < -0.39 is 0 Å². The van der Waals surface area contributed by atoms with Crippen molar-refractivity contribution >= 4 is 29.9 Å². The summed E-state index contributed by atoms with van der Waals surface area (Å²) in [5.41, 5.74) is 1.21. The molecule has 1 heterocycles. The Kier molecular flexibility index (Phi) is 10.1. The van der Waals surface area contributed by atoms with Gasteiger partial charge in [-0.05, 0) is 44.0 Å². The molecule has 0 aliphatic carbocycles. The van der Waals surface area contributed by atoms with E-state index in [-0.39, 0.29) is 24.0 Å². The second kappa shape index (κ2) is 11.5. The van der Waals surface area contributed by atoms with Gasteiger partial charge in [0.15, 0.2) is 5.96 Å². The van der Waals surface area contributed by atoms with E-state index in [1.807, 2.05) is 25.2 Å². The number of hydrogen-bond donors (Lipinski definition) is 2. The molecule has 0 aromatic heterocycles. The number of likely N-dealkylation sites (tertiary alicyclic amines) is 1. The normalized spacial score (nSPS) is 18.1. The van der Waals surface area contributed by atoms with Crippen molar-refractivity contribution < 1.29 is 4.74 Å². The van der Waals surface area contributed by atoms with Crippen molar-refractivity contribution in [2.75, 3.05) is 40.3 Å². The molecule has 2 rings (SSSR count). The van der Waals surface area contributed by atoms with Crippen LogP contribution in [0.3, 0.4) is 0 Å². The molecular formula is C18H31IN4O. The first-order valence-electron chi connectivity index (χ1n) is 8.59. The van der Waals surface area contributed by atoms with E-state index in [0.29, 0.717) is 6.04 Å². The van der Waals surface area contributed by atoms with Crippen LogP contribution < -0.4 is 15.4 Å². The van der Waals surface area contributed by atoms with E-state index in [4.69, 9.17) is 4.74 Å². The number of benzene rings is 1. The van der Waals surface area contributed by atoms with Gasteiger partial charge >= 0.3 is 0 Å². The lowest BCUT2D eigenvalue weighted by Crippen LogP contribution is -2.45. The number of nitrogens with one attached hydrogen (secondary N) is 2. The molecule has 1 unspecified atom stereocenters. The highest BCUT2D eigenvalue weighted by atomic mass is 127. The summed E-state index contributed by atoms with van der Waals surface area (Å²) in [7, 11) is 3.54. The van der Waals surface area contributed by atoms with Crippen LogP contribution in [0.4, 0.5) is 0 Å². The van der Waals surface area contributed by atoms with Crippen molar-refractivity contribution in [3.05, 3.63) is 29.8 Å². The van der Waals surface area contributed by atoms with E-state index in [1.54, 1.807) is 7.11 Å². The average molecular weight is 446 g/mol. The maximum Gasteiger partial charge on any atom is 0.191 e. The number of para-hydroxylation sites is 1. The fourth-order valence-electron chi connectivity index (χ4n) is 3.20. The standard InChI is InChI=1S/C18H30N4O.HI/c1-4-22-13-7-9-16(22)14-21-18(19-2)20-12-11-15-8-5-6-10-17(15)23-3;/h5-6,8,10,16H,4,7,9,11-14H2,1-3H3,(H2,19,20,21);1H. The first-order chi connectivity index (χ1) is 11.3. The number of likely N-dealkylation sites (N-methyl/N-ethyl adjacent to an activating group) is 1. The van der Waals surface area contributed by atoms with Crippen LogP contribution in [-0.4, -0.2) is 57.2 Å². The van der Waals surface area contributed by atoms with E-state index in [0.717, 1.165) is 37.8 Å². The third kappa shape index (κ3) is 6.12. The number of nitrogens with zero attached hydrogens (tertiary/aromatic N) is 2. The zero-order valence-electron chi connectivity index (χ0n) is 15.0. The monoisotopic (exact) mass is 446 g/mol. The molecule has 1 atom stereocenters. The molecule has 1 aliphatic rings. The molecule has 136 valence electrons. The van der Waals surface area contributed by atoms with E-state index in [1.165, 1.54) is 24.9 Å². The Labute approximate surface area is 163 Å². The number of hydrogen-bond acceptors (Lipinski definition) is 3. The number of methoxy groups -OCH3 is 1. The highest BCUT2D eigenvalue weighted by molar-refractivity contribution is 14.0. The molecule has 1 aromatic rings. The minimum atomic E-state index is 0. The molecule has 1 fully saturated rings. The van der Waals surface area contributed by atoms with E-state index in [9.17, 15) is 0 Å². The molecule has 2 N–H and O–H groups in total. The fraction of sp³-hybridized carbons (Fsp3) is 0.611. The van der Waals surface area contributed by atoms with Crippen molar-refractivity contribution in [3.8, 4) is 5.75 Å². The number of halogens is 1. The van der Waals surface area contributed by atoms with Gasteiger partial charge in [0.25, 0.3) is 0 Å². The zero-order valence-corrected chi connectivity index (χ0v) is 17.4. The molecule has 6 heteroatoms. The summed E-state index contributed by atoms with van der Waals surface area (Å²) in [6, 6.07) is 8.78. The van der Waals surface area contributed by atoms with Gasteiger partial charge in [-0.25, -0.2) is 0 Å². The van der Waals surface area contributed by atoms with Gasteiger partial charge in [0, 0.05) is 26.2 Å². The third-order valence-electron chi connectivity index (χ3n) is 4.51. The Bertz CT molecular complexity index is 510. The van der Waals surface area contributed by atoms with Crippen LogP contribution in [0.1, 0.15) is 25.3 Å². The molecule has 1 saturated heterocycles. The lowest BCUT2D eigenvalue weighted by molar-refractivity contribution is 0.267.